The van der Waals surface area contributed by atoms with Gasteiger partial charge in [-0.05, 0) is 84.7 Å². The summed E-state index contributed by atoms with van der Waals surface area (Å²) in [5.74, 6) is 3.47. The number of hydrogen-bond acceptors (Lipinski definition) is 2. The zero-order valence-electron chi connectivity index (χ0n) is 20.9. The van der Waals surface area contributed by atoms with Gasteiger partial charge < -0.3 is 9.84 Å². The van der Waals surface area contributed by atoms with E-state index >= 15 is 0 Å². The Kier molecular flexibility index (Phi) is 8.08. The summed E-state index contributed by atoms with van der Waals surface area (Å²) in [6.07, 6.45) is 17.3. The van der Waals surface area contributed by atoms with Crippen LogP contribution in [-0.2, 0) is 4.74 Å². The summed E-state index contributed by atoms with van der Waals surface area (Å²) in [6.45, 7) is 16.1. The van der Waals surface area contributed by atoms with Crippen LogP contribution in [0.25, 0.3) is 0 Å². The van der Waals surface area contributed by atoms with E-state index in [1.807, 2.05) is 0 Å². The molecule has 174 valence electrons. The van der Waals surface area contributed by atoms with Crippen molar-refractivity contribution in [3.05, 3.63) is 47.6 Å². The first-order valence-corrected chi connectivity index (χ1v) is 12.6. The third-order valence-corrected chi connectivity index (χ3v) is 9.02. The summed E-state index contributed by atoms with van der Waals surface area (Å²) >= 11 is 0. The van der Waals surface area contributed by atoms with Crippen molar-refractivity contribution in [2.75, 3.05) is 7.11 Å². The highest BCUT2D eigenvalue weighted by Gasteiger charge is 2.50. The first-order chi connectivity index (χ1) is 14.7. The highest BCUT2D eigenvalue weighted by atomic mass is 16.5. The highest BCUT2D eigenvalue weighted by Crippen LogP contribution is 2.59. The molecule has 0 radical (unpaired) electrons. The summed E-state index contributed by atoms with van der Waals surface area (Å²) in [5, 5.41) is 10.3. The van der Waals surface area contributed by atoms with Gasteiger partial charge in [0, 0.05) is 13.5 Å². The molecule has 3 fully saturated rings. The maximum absolute atomic E-state index is 10.3. The Morgan fingerprint density at radius 2 is 1.87 bits per heavy atom. The fourth-order valence-electron chi connectivity index (χ4n) is 6.48. The Balaban J connectivity index is 1.77. The molecule has 3 aliphatic rings. The van der Waals surface area contributed by atoms with Gasteiger partial charge in [0.2, 0.25) is 0 Å². The fourth-order valence-corrected chi connectivity index (χ4v) is 6.48. The van der Waals surface area contributed by atoms with Crippen molar-refractivity contribution in [3.8, 4) is 0 Å². The molecular formula is C29H46O2. The van der Waals surface area contributed by atoms with Crippen LogP contribution in [0, 0.1) is 35.0 Å². The number of rotatable bonds is 6. The van der Waals surface area contributed by atoms with Crippen molar-refractivity contribution in [2.24, 2.45) is 35.0 Å². The molecule has 0 aromatic carbocycles. The van der Waals surface area contributed by atoms with Crippen molar-refractivity contribution in [1.29, 1.82) is 0 Å². The van der Waals surface area contributed by atoms with Crippen LogP contribution in [-0.4, -0.2) is 24.4 Å². The zero-order chi connectivity index (χ0) is 22.8. The van der Waals surface area contributed by atoms with Crippen LogP contribution in [0.3, 0.4) is 0 Å². The van der Waals surface area contributed by atoms with Crippen LogP contribution in [0.1, 0.15) is 79.6 Å². The lowest BCUT2D eigenvalue weighted by atomic mass is 9.61. The molecule has 3 aliphatic carbocycles. The molecule has 7 atom stereocenters. The van der Waals surface area contributed by atoms with E-state index in [9.17, 15) is 5.11 Å². The van der Waals surface area contributed by atoms with Crippen molar-refractivity contribution in [3.63, 3.8) is 0 Å². The molecule has 0 spiro atoms. The third kappa shape index (κ3) is 5.28. The molecule has 2 heteroatoms. The first kappa shape index (κ1) is 24.5. The summed E-state index contributed by atoms with van der Waals surface area (Å²) in [4.78, 5) is 0. The van der Waals surface area contributed by atoms with Crippen molar-refractivity contribution in [1.82, 2.24) is 0 Å². The maximum Gasteiger partial charge on any atom is 0.0811 e. The predicted molar refractivity (Wildman–Crippen MR) is 132 cm³/mol. The number of aliphatic hydroxyl groups excluding tert-OH is 1. The van der Waals surface area contributed by atoms with Gasteiger partial charge in [0.25, 0.3) is 0 Å². The van der Waals surface area contributed by atoms with Crippen molar-refractivity contribution >= 4 is 0 Å². The van der Waals surface area contributed by atoms with Crippen LogP contribution in [0.5, 0.6) is 0 Å². The Labute approximate surface area is 191 Å². The molecule has 0 bridgehead atoms. The number of allylic oxidation sites excluding steroid dienone is 5. The van der Waals surface area contributed by atoms with Gasteiger partial charge in [-0.15, -0.1) is 0 Å². The van der Waals surface area contributed by atoms with Gasteiger partial charge in [-0.1, -0.05) is 71.1 Å². The van der Waals surface area contributed by atoms with E-state index in [1.165, 1.54) is 37.7 Å². The molecule has 0 aliphatic heterocycles. The predicted octanol–water partition coefficient (Wildman–Crippen LogP) is 7.27. The fraction of sp³-hybridized carbons (Fsp3) is 0.724. The Morgan fingerprint density at radius 3 is 2.55 bits per heavy atom. The van der Waals surface area contributed by atoms with Gasteiger partial charge in [-0.3, -0.25) is 0 Å². The summed E-state index contributed by atoms with van der Waals surface area (Å²) in [6, 6.07) is 0. The second kappa shape index (κ2) is 10.2. The second-order valence-corrected chi connectivity index (χ2v) is 11.2. The molecule has 0 unspecified atom stereocenters. The van der Waals surface area contributed by atoms with Gasteiger partial charge in [-0.25, -0.2) is 0 Å². The van der Waals surface area contributed by atoms with Crippen LogP contribution in [0.2, 0.25) is 0 Å². The Bertz CT molecular complexity index is 727. The van der Waals surface area contributed by atoms with Gasteiger partial charge in [-0.2, -0.15) is 0 Å². The second-order valence-electron chi connectivity index (χ2n) is 11.2. The van der Waals surface area contributed by atoms with Crippen molar-refractivity contribution in [2.45, 2.75) is 91.8 Å². The van der Waals surface area contributed by atoms with E-state index in [1.54, 1.807) is 12.7 Å². The lowest BCUT2D eigenvalue weighted by molar-refractivity contribution is 0.0470. The lowest BCUT2D eigenvalue weighted by Crippen LogP contribution is -2.35. The molecule has 3 saturated carbocycles. The van der Waals surface area contributed by atoms with E-state index in [2.05, 4.69) is 65.5 Å². The van der Waals surface area contributed by atoms with E-state index in [-0.39, 0.29) is 6.10 Å². The van der Waals surface area contributed by atoms with Gasteiger partial charge in [0.1, 0.15) is 0 Å². The van der Waals surface area contributed by atoms with Crippen LogP contribution in [0.15, 0.2) is 47.6 Å². The standard InChI is InChI=1S/C29H46O2/c1-19(2)20(3)10-11-21(4)26-14-15-27-23(9-8-16-29(26,27)6)12-13-24-17-25(31-7)18-28(30)22(24)5/h10-13,19-21,25-28,30H,5,8-9,14-18H2,1-4,6-7H3/b11-10+,23-12+,24-13-/t20-,21+,25+,26+,27-,28-,29+/m0/s1. The monoisotopic (exact) mass is 426 g/mol. The average Bonchev–Trinajstić information content (AvgIpc) is 3.10. The number of fused-ring (bicyclic) bond motifs is 1. The van der Waals surface area contributed by atoms with E-state index < -0.39 is 6.10 Å². The smallest absolute Gasteiger partial charge is 0.0811 e. The quantitative estimate of drug-likeness (QED) is 0.453. The first-order valence-electron chi connectivity index (χ1n) is 12.6. The van der Waals surface area contributed by atoms with Gasteiger partial charge in [0.15, 0.2) is 0 Å². The SMILES string of the molecule is C=C1/C(=C\C=C2/CCC[C@]3(C)[C@@H]([C@H](C)/C=C/[C@H](C)C(C)C)CC[C@@H]23)C[C@@H](OC)C[C@@H]1O. The largest absolute Gasteiger partial charge is 0.388 e. The van der Waals surface area contributed by atoms with E-state index in [0.717, 1.165) is 17.9 Å². The van der Waals surface area contributed by atoms with Crippen LogP contribution >= 0.6 is 0 Å². The summed E-state index contributed by atoms with van der Waals surface area (Å²) in [7, 11) is 1.74. The normalized spacial score (nSPS) is 38.9. The molecular weight excluding hydrogens is 380 g/mol. The summed E-state index contributed by atoms with van der Waals surface area (Å²) in [5.41, 5.74) is 4.08. The minimum absolute atomic E-state index is 0.0958. The maximum atomic E-state index is 10.3. The zero-order valence-corrected chi connectivity index (χ0v) is 20.9. The topological polar surface area (TPSA) is 29.5 Å². The molecule has 0 aromatic heterocycles. The molecule has 0 saturated heterocycles. The molecule has 0 amide bonds. The Hall–Kier alpha value is -1.12. The lowest BCUT2D eigenvalue weighted by Gasteiger charge is -2.44. The average molecular weight is 427 g/mol. The number of ether oxygens (including phenoxy) is 1. The third-order valence-electron chi connectivity index (χ3n) is 9.02. The number of aliphatic hydroxyl groups is 1. The summed E-state index contributed by atoms with van der Waals surface area (Å²) < 4.78 is 5.54. The Morgan fingerprint density at radius 1 is 1.13 bits per heavy atom. The van der Waals surface area contributed by atoms with Crippen molar-refractivity contribution < 1.29 is 9.84 Å². The number of hydrogen-bond donors (Lipinski definition) is 1. The number of methoxy groups -OCH3 is 1. The van der Waals surface area contributed by atoms with Crippen LogP contribution in [0.4, 0.5) is 0 Å². The molecule has 1 N–H and O–H groups in total. The molecule has 0 heterocycles. The van der Waals surface area contributed by atoms with Gasteiger partial charge in [0.05, 0.1) is 12.2 Å². The van der Waals surface area contributed by atoms with Crippen LogP contribution < -0.4 is 0 Å². The minimum Gasteiger partial charge on any atom is -0.388 e. The van der Waals surface area contributed by atoms with Gasteiger partial charge >= 0.3 is 0 Å². The van der Waals surface area contributed by atoms with E-state index in [4.69, 9.17) is 4.74 Å². The molecule has 0 aromatic rings. The molecule has 2 nitrogen and oxygen atoms in total. The highest BCUT2D eigenvalue weighted by molar-refractivity contribution is 5.38. The minimum atomic E-state index is -0.475. The molecule has 3 rings (SSSR count). The van der Waals surface area contributed by atoms with E-state index in [0.29, 0.717) is 35.5 Å². The molecule has 31 heavy (non-hydrogen) atoms.